The summed E-state index contributed by atoms with van der Waals surface area (Å²) in [5, 5.41) is 12.2. The van der Waals surface area contributed by atoms with Crippen molar-refractivity contribution in [3.8, 4) is 6.07 Å². The summed E-state index contributed by atoms with van der Waals surface area (Å²) in [5.41, 5.74) is 1.48. The average Bonchev–Trinajstić information content (AvgIpc) is 2.26. The van der Waals surface area contributed by atoms with Gasteiger partial charge in [-0.1, -0.05) is 19.9 Å². The van der Waals surface area contributed by atoms with Gasteiger partial charge in [-0.2, -0.15) is 5.26 Å². The van der Waals surface area contributed by atoms with Gasteiger partial charge in [-0.3, -0.25) is 0 Å². The fraction of sp³-hybridized carbons (Fsp3) is 0.500. The first kappa shape index (κ1) is 11.7. The molecule has 0 saturated heterocycles. The Morgan fingerprint density at radius 2 is 2.20 bits per heavy atom. The number of nitriles is 1. The predicted molar refractivity (Wildman–Crippen MR) is 60.1 cm³/mol. The molecule has 3 nitrogen and oxygen atoms in total. The summed E-state index contributed by atoms with van der Waals surface area (Å²) in [7, 11) is 0. The molecular formula is C12H17N3. The molecule has 0 saturated carbocycles. The molecule has 1 atom stereocenters. The molecule has 0 radical (unpaired) electrons. The van der Waals surface area contributed by atoms with Crippen LogP contribution in [0, 0.1) is 17.2 Å². The van der Waals surface area contributed by atoms with Crippen molar-refractivity contribution < 1.29 is 0 Å². The second-order valence-electron chi connectivity index (χ2n) is 4.04. The van der Waals surface area contributed by atoms with Crippen LogP contribution in [0.15, 0.2) is 18.3 Å². The monoisotopic (exact) mass is 203 g/mol. The minimum absolute atomic E-state index is 0.441. The van der Waals surface area contributed by atoms with Crippen LogP contribution in [0.1, 0.15) is 32.0 Å². The van der Waals surface area contributed by atoms with Crippen LogP contribution < -0.4 is 5.32 Å². The summed E-state index contributed by atoms with van der Waals surface area (Å²) in [6.45, 7) is 7.20. The van der Waals surface area contributed by atoms with E-state index in [2.05, 4.69) is 37.1 Å². The molecule has 0 aliphatic carbocycles. The SMILES string of the molecule is CC(C)C(C)NCc1cccnc1C#N. The molecule has 1 N–H and O–H groups in total. The van der Waals surface area contributed by atoms with Crippen LogP contribution in [0.2, 0.25) is 0 Å². The van der Waals surface area contributed by atoms with Crippen LogP contribution in [0.5, 0.6) is 0 Å². The lowest BCUT2D eigenvalue weighted by Crippen LogP contribution is -2.30. The highest BCUT2D eigenvalue weighted by Crippen LogP contribution is 2.06. The molecule has 1 aromatic heterocycles. The minimum atomic E-state index is 0.441. The van der Waals surface area contributed by atoms with Crippen molar-refractivity contribution in [1.82, 2.24) is 10.3 Å². The van der Waals surface area contributed by atoms with E-state index in [-0.39, 0.29) is 0 Å². The predicted octanol–water partition coefficient (Wildman–Crippen LogP) is 2.09. The number of rotatable bonds is 4. The van der Waals surface area contributed by atoms with Crippen molar-refractivity contribution >= 4 is 0 Å². The molecule has 1 heterocycles. The number of pyridine rings is 1. The topological polar surface area (TPSA) is 48.7 Å². The molecule has 80 valence electrons. The van der Waals surface area contributed by atoms with Gasteiger partial charge in [0.2, 0.25) is 0 Å². The van der Waals surface area contributed by atoms with Gasteiger partial charge < -0.3 is 5.32 Å². The van der Waals surface area contributed by atoms with Gasteiger partial charge in [0.15, 0.2) is 0 Å². The summed E-state index contributed by atoms with van der Waals surface area (Å²) in [4.78, 5) is 4.02. The van der Waals surface area contributed by atoms with Crippen LogP contribution in [-0.4, -0.2) is 11.0 Å². The Morgan fingerprint density at radius 3 is 2.80 bits per heavy atom. The van der Waals surface area contributed by atoms with Gasteiger partial charge in [-0.15, -0.1) is 0 Å². The molecule has 0 aromatic carbocycles. The van der Waals surface area contributed by atoms with Crippen molar-refractivity contribution in [3.63, 3.8) is 0 Å². The second-order valence-corrected chi connectivity index (χ2v) is 4.04. The largest absolute Gasteiger partial charge is 0.310 e. The molecular weight excluding hydrogens is 186 g/mol. The number of aromatic nitrogens is 1. The van der Waals surface area contributed by atoms with E-state index >= 15 is 0 Å². The first-order chi connectivity index (χ1) is 7.15. The maximum absolute atomic E-state index is 8.85. The summed E-state index contributed by atoms with van der Waals surface area (Å²) in [6.07, 6.45) is 1.65. The third-order valence-electron chi connectivity index (χ3n) is 2.61. The number of nitrogens with zero attached hydrogens (tertiary/aromatic N) is 2. The highest BCUT2D eigenvalue weighted by molar-refractivity contribution is 5.30. The Labute approximate surface area is 91.1 Å². The Kier molecular flexibility index (Phi) is 4.26. The molecule has 15 heavy (non-hydrogen) atoms. The zero-order valence-corrected chi connectivity index (χ0v) is 9.49. The molecule has 0 aliphatic rings. The van der Waals surface area contributed by atoms with E-state index in [1.807, 2.05) is 12.1 Å². The van der Waals surface area contributed by atoms with E-state index in [1.54, 1.807) is 6.20 Å². The van der Waals surface area contributed by atoms with Gasteiger partial charge in [-0.05, 0) is 18.9 Å². The van der Waals surface area contributed by atoms with Crippen molar-refractivity contribution in [2.45, 2.75) is 33.4 Å². The molecule has 3 heteroatoms. The summed E-state index contributed by atoms with van der Waals surface area (Å²) in [6, 6.07) is 6.33. The Bertz CT molecular complexity index is 352. The van der Waals surface area contributed by atoms with E-state index in [0.29, 0.717) is 24.2 Å². The van der Waals surface area contributed by atoms with Gasteiger partial charge in [0.05, 0.1) is 0 Å². The zero-order valence-electron chi connectivity index (χ0n) is 9.49. The molecule has 1 aromatic rings. The third kappa shape index (κ3) is 3.34. The van der Waals surface area contributed by atoms with Crippen LogP contribution >= 0.6 is 0 Å². The van der Waals surface area contributed by atoms with Crippen LogP contribution in [0.3, 0.4) is 0 Å². The Morgan fingerprint density at radius 1 is 1.47 bits per heavy atom. The third-order valence-corrected chi connectivity index (χ3v) is 2.61. The molecule has 0 amide bonds. The number of nitrogens with one attached hydrogen (secondary N) is 1. The Hall–Kier alpha value is -1.40. The lowest BCUT2D eigenvalue weighted by Gasteiger charge is -2.17. The summed E-state index contributed by atoms with van der Waals surface area (Å²) in [5.74, 6) is 0.590. The highest BCUT2D eigenvalue weighted by Gasteiger charge is 2.07. The van der Waals surface area contributed by atoms with E-state index in [4.69, 9.17) is 5.26 Å². The average molecular weight is 203 g/mol. The number of hydrogen-bond acceptors (Lipinski definition) is 3. The van der Waals surface area contributed by atoms with Crippen LogP contribution in [0.4, 0.5) is 0 Å². The van der Waals surface area contributed by atoms with Crippen LogP contribution in [-0.2, 0) is 6.54 Å². The molecule has 0 bridgehead atoms. The van der Waals surface area contributed by atoms with Crippen molar-refractivity contribution in [2.75, 3.05) is 0 Å². The molecule has 1 rings (SSSR count). The zero-order chi connectivity index (χ0) is 11.3. The highest BCUT2D eigenvalue weighted by atomic mass is 14.9. The van der Waals surface area contributed by atoms with Crippen molar-refractivity contribution in [1.29, 1.82) is 5.26 Å². The van der Waals surface area contributed by atoms with E-state index < -0.39 is 0 Å². The maximum atomic E-state index is 8.85. The fourth-order valence-corrected chi connectivity index (χ4v) is 1.19. The van der Waals surface area contributed by atoms with Gasteiger partial charge >= 0.3 is 0 Å². The fourth-order valence-electron chi connectivity index (χ4n) is 1.19. The van der Waals surface area contributed by atoms with Crippen molar-refractivity contribution in [2.24, 2.45) is 5.92 Å². The van der Waals surface area contributed by atoms with E-state index in [0.717, 1.165) is 5.56 Å². The molecule has 0 aliphatic heterocycles. The maximum Gasteiger partial charge on any atom is 0.144 e. The summed E-state index contributed by atoms with van der Waals surface area (Å²) < 4.78 is 0. The first-order valence-electron chi connectivity index (χ1n) is 5.22. The van der Waals surface area contributed by atoms with Gasteiger partial charge in [0.25, 0.3) is 0 Å². The molecule has 1 unspecified atom stereocenters. The molecule has 0 spiro atoms. The van der Waals surface area contributed by atoms with E-state index in [9.17, 15) is 0 Å². The van der Waals surface area contributed by atoms with Gasteiger partial charge in [-0.25, -0.2) is 4.98 Å². The lowest BCUT2D eigenvalue weighted by atomic mass is 10.1. The first-order valence-corrected chi connectivity index (χ1v) is 5.22. The normalized spacial score (nSPS) is 12.5. The minimum Gasteiger partial charge on any atom is -0.310 e. The van der Waals surface area contributed by atoms with Crippen molar-refractivity contribution in [3.05, 3.63) is 29.6 Å². The quantitative estimate of drug-likeness (QED) is 0.815. The van der Waals surface area contributed by atoms with Crippen LogP contribution in [0.25, 0.3) is 0 Å². The summed E-state index contributed by atoms with van der Waals surface area (Å²) >= 11 is 0. The van der Waals surface area contributed by atoms with Gasteiger partial charge in [0.1, 0.15) is 11.8 Å². The number of hydrogen-bond donors (Lipinski definition) is 1. The smallest absolute Gasteiger partial charge is 0.144 e. The van der Waals surface area contributed by atoms with E-state index in [1.165, 1.54) is 0 Å². The molecule has 0 fully saturated rings. The lowest BCUT2D eigenvalue weighted by molar-refractivity contribution is 0.426. The van der Waals surface area contributed by atoms with Gasteiger partial charge in [0, 0.05) is 24.3 Å². The second kappa shape index (κ2) is 5.47. The Balaban J connectivity index is 2.62. The standard InChI is InChI=1S/C12H17N3/c1-9(2)10(3)15-8-11-5-4-6-14-12(11)7-13/h4-6,9-10,15H,8H2,1-3H3.